The summed E-state index contributed by atoms with van der Waals surface area (Å²) >= 11 is 0. The second-order valence-electron chi connectivity index (χ2n) is 5.01. The minimum absolute atomic E-state index is 0.0864. The van der Waals surface area contributed by atoms with Crippen LogP contribution in [0.3, 0.4) is 0 Å². The number of hydrogen-bond donors (Lipinski definition) is 0. The number of likely N-dealkylation sites (N-methyl/N-ethyl adjacent to an activating group) is 1. The molecule has 1 saturated heterocycles. The number of ether oxygens (including phenoxy) is 1. The van der Waals surface area contributed by atoms with E-state index in [-0.39, 0.29) is 11.9 Å². The molecule has 1 atom stereocenters. The summed E-state index contributed by atoms with van der Waals surface area (Å²) in [5.41, 5.74) is 0.762. The Bertz CT molecular complexity index is 603. The monoisotopic (exact) mass is 255 g/mol. The van der Waals surface area contributed by atoms with Gasteiger partial charge in [0.1, 0.15) is 6.10 Å². The van der Waals surface area contributed by atoms with E-state index in [0.717, 1.165) is 22.9 Å². The number of benzene rings is 2. The number of rotatable bonds is 2. The van der Waals surface area contributed by atoms with Crippen molar-refractivity contribution in [2.75, 3.05) is 26.7 Å². The Kier molecular flexibility index (Phi) is 3.32. The summed E-state index contributed by atoms with van der Waals surface area (Å²) in [4.78, 5) is 14.7. The molecule has 1 unspecified atom stereocenters. The van der Waals surface area contributed by atoms with Crippen LogP contribution in [0.25, 0.3) is 10.8 Å². The van der Waals surface area contributed by atoms with Gasteiger partial charge in [-0.25, -0.2) is 0 Å². The lowest BCUT2D eigenvalue weighted by Crippen LogP contribution is -2.44. The highest BCUT2D eigenvalue weighted by Crippen LogP contribution is 2.21. The quantitative estimate of drug-likeness (QED) is 0.771. The molecule has 3 heteroatoms. The maximum Gasteiger partial charge on any atom is 0.193 e. The van der Waals surface area contributed by atoms with Crippen molar-refractivity contribution in [1.29, 1.82) is 0 Å². The van der Waals surface area contributed by atoms with E-state index in [9.17, 15) is 4.79 Å². The van der Waals surface area contributed by atoms with E-state index in [1.807, 2.05) is 49.5 Å². The van der Waals surface area contributed by atoms with Crippen molar-refractivity contribution in [2.45, 2.75) is 6.10 Å². The number of fused-ring (bicyclic) bond motifs is 1. The van der Waals surface area contributed by atoms with Crippen LogP contribution in [0.1, 0.15) is 10.4 Å². The summed E-state index contributed by atoms with van der Waals surface area (Å²) in [5.74, 6) is 0.0864. The maximum absolute atomic E-state index is 12.6. The zero-order valence-corrected chi connectivity index (χ0v) is 11.0. The summed E-state index contributed by atoms with van der Waals surface area (Å²) in [6, 6.07) is 13.8. The standard InChI is InChI=1S/C16H17NO2/c1-17-9-10-19-15(11-17)16(18)14-8-4-6-12-5-2-3-7-13(12)14/h2-8,15H,9-11H2,1H3. The van der Waals surface area contributed by atoms with Crippen molar-refractivity contribution in [3.8, 4) is 0 Å². The minimum atomic E-state index is -0.343. The van der Waals surface area contributed by atoms with Gasteiger partial charge in [0.15, 0.2) is 5.78 Å². The van der Waals surface area contributed by atoms with Crippen LogP contribution in [0.2, 0.25) is 0 Å². The summed E-state index contributed by atoms with van der Waals surface area (Å²) in [5, 5.41) is 2.10. The van der Waals surface area contributed by atoms with Crippen LogP contribution in [-0.2, 0) is 4.74 Å². The van der Waals surface area contributed by atoms with Gasteiger partial charge >= 0.3 is 0 Å². The molecule has 1 fully saturated rings. The predicted octanol–water partition coefficient (Wildman–Crippen LogP) is 2.35. The molecule has 19 heavy (non-hydrogen) atoms. The van der Waals surface area contributed by atoms with E-state index in [2.05, 4.69) is 4.90 Å². The molecule has 98 valence electrons. The molecule has 1 aliphatic rings. The van der Waals surface area contributed by atoms with Crippen molar-refractivity contribution < 1.29 is 9.53 Å². The van der Waals surface area contributed by atoms with E-state index in [1.54, 1.807) is 0 Å². The number of morpholine rings is 1. The van der Waals surface area contributed by atoms with Crippen molar-refractivity contribution >= 4 is 16.6 Å². The lowest BCUT2D eigenvalue weighted by molar-refractivity contribution is -0.00852. The Morgan fingerprint density at radius 2 is 2.00 bits per heavy atom. The SMILES string of the molecule is CN1CCOC(C(=O)c2cccc3ccccc23)C1. The topological polar surface area (TPSA) is 29.5 Å². The average Bonchev–Trinajstić information content (AvgIpc) is 2.46. The van der Waals surface area contributed by atoms with Gasteiger partial charge in [0.25, 0.3) is 0 Å². The molecule has 2 aromatic rings. The zero-order chi connectivity index (χ0) is 13.2. The molecule has 0 N–H and O–H groups in total. The lowest BCUT2D eigenvalue weighted by atomic mass is 9.98. The van der Waals surface area contributed by atoms with E-state index >= 15 is 0 Å². The number of Topliss-reactive ketones (excluding diaryl/α,β-unsaturated/α-hetero) is 1. The van der Waals surface area contributed by atoms with Gasteiger partial charge in [0.2, 0.25) is 0 Å². The zero-order valence-electron chi connectivity index (χ0n) is 11.0. The highest BCUT2D eigenvalue weighted by atomic mass is 16.5. The van der Waals surface area contributed by atoms with Crippen LogP contribution in [0.15, 0.2) is 42.5 Å². The molecule has 2 aromatic carbocycles. The van der Waals surface area contributed by atoms with E-state index < -0.39 is 0 Å². The maximum atomic E-state index is 12.6. The van der Waals surface area contributed by atoms with Gasteiger partial charge in [-0.2, -0.15) is 0 Å². The van der Waals surface area contributed by atoms with E-state index in [4.69, 9.17) is 4.74 Å². The molecule has 0 aliphatic carbocycles. The van der Waals surface area contributed by atoms with Crippen LogP contribution in [0.4, 0.5) is 0 Å². The third-order valence-corrected chi connectivity index (χ3v) is 3.62. The number of ketones is 1. The first-order chi connectivity index (χ1) is 9.25. The second kappa shape index (κ2) is 5.11. The predicted molar refractivity (Wildman–Crippen MR) is 75.5 cm³/mol. The number of carbonyl (C=O) groups is 1. The molecule has 0 bridgehead atoms. The minimum Gasteiger partial charge on any atom is -0.367 e. The van der Waals surface area contributed by atoms with Gasteiger partial charge in [-0.1, -0.05) is 42.5 Å². The fourth-order valence-corrected chi connectivity index (χ4v) is 2.55. The van der Waals surface area contributed by atoms with Crippen LogP contribution in [-0.4, -0.2) is 43.5 Å². The smallest absolute Gasteiger partial charge is 0.193 e. The third-order valence-electron chi connectivity index (χ3n) is 3.62. The van der Waals surface area contributed by atoms with E-state index in [1.165, 1.54) is 0 Å². The average molecular weight is 255 g/mol. The molecule has 0 amide bonds. The fourth-order valence-electron chi connectivity index (χ4n) is 2.55. The summed E-state index contributed by atoms with van der Waals surface area (Å²) < 4.78 is 5.62. The van der Waals surface area contributed by atoms with Gasteiger partial charge in [0, 0.05) is 18.7 Å². The Hall–Kier alpha value is -1.71. The fraction of sp³-hybridized carbons (Fsp3) is 0.312. The number of nitrogens with zero attached hydrogens (tertiary/aromatic N) is 1. The normalized spacial score (nSPS) is 20.6. The van der Waals surface area contributed by atoms with Crippen molar-refractivity contribution in [3.05, 3.63) is 48.0 Å². The molecule has 0 aromatic heterocycles. The second-order valence-corrected chi connectivity index (χ2v) is 5.01. The molecule has 3 rings (SSSR count). The van der Waals surface area contributed by atoms with Gasteiger partial charge < -0.3 is 9.64 Å². The Morgan fingerprint density at radius 3 is 2.84 bits per heavy atom. The van der Waals surface area contributed by atoms with Gasteiger partial charge in [-0.05, 0) is 17.8 Å². The van der Waals surface area contributed by atoms with Crippen LogP contribution < -0.4 is 0 Å². The number of hydrogen-bond acceptors (Lipinski definition) is 3. The Balaban J connectivity index is 1.97. The van der Waals surface area contributed by atoms with Gasteiger partial charge in [-0.3, -0.25) is 4.79 Å². The summed E-state index contributed by atoms with van der Waals surface area (Å²) in [6.07, 6.45) is -0.343. The molecular weight excluding hydrogens is 238 g/mol. The molecule has 1 heterocycles. The summed E-state index contributed by atoms with van der Waals surface area (Å²) in [7, 11) is 2.02. The first-order valence-electron chi connectivity index (χ1n) is 6.58. The molecule has 1 aliphatic heterocycles. The summed E-state index contributed by atoms with van der Waals surface area (Å²) in [6.45, 7) is 2.18. The Morgan fingerprint density at radius 1 is 1.21 bits per heavy atom. The first kappa shape index (κ1) is 12.3. The van der Waals surface area contributed by atoms with Crippen molar-refractivity contribution in [1.82, 2.24) is 4.90 Å². The van der Waals surface area contributed by atoms with Crippen molar-refractivity contribution in [2.24, 2.45) is 0 Å². The highest BCUT2D eigenvalue weighted by Gasteiger charge is 2.26. The van der Waals surface area contributed by atoms with Crippen molar-refractivity contribution in [3.63, 3.8) is 0 Å². The Labute approximate surface area is 112 Å². The highest BCUT2D eigenvalue weighted by molar-refractivity contribution is 6.10. The lowest BCUT2D eigenvalue weighted by Gasteiger charge is -2.29. The molecular formula is C16H17NO2. The largest absolute Gasteiger partial charge is 0.367 e. The van der Waals surface area contributed by atoms with Gasteiger partial charge in [-0.15, -0.1) is 0 Å². The molecule has 3 nitrogen and oxygen atoms in total. The van der Waals surface area contributed by atoms with Crippen LogP contribution in [0.5, 0.6) is 0 Å². The molecule has 0 radical (unpaired) electrons. The van der Waals surface area contributed by atoms with Gasteiger partial charge in [0.05, 0.1) is 6.61 Å². The molecule has 0 spiro atoms. The van der Waals surface area contributed by atoms with Crippen LogP contribution in [0, 0.1) is 0 Å². The third kappa shape index (κ3) is 2.39. The number of carbonyl (C=O) groups excluding carboxylic acids is 1. The first-order valence-corrected chi connectivity index (χ1v) is 6.58. The molecule has 0 saturated carbocycles. The van der Waals surface area contributed by atoms with E-state index in [0.29, 0.717) is 13.2 Å². The van der Waals surface area contributed by atoms with Crippen LogP contribution >= 0.6 is 0 Å².